The van der Waals surface area contributed by atoms with Gasteiger partial charge >= 0.3 is 29.6 Å². The Hall–Kier alpha value is -0.800. The third-order valence-corrected chi connectivity index (χ3v) is 2.46. The van der Waals surface area contributed by atoms with E-state index in [1.54, 1.807) is 0 Å². The number of nitrogens with one attached hydrogen (secondary N) is 1. The van der Waals surface area contributed by atoms with Gasteiger partial charge in [-0.15, -0.1) is 0 Å². The van der Waals surface area contributed by atoms with Crippen molar-refractivity contribution in [2.45, 2.75) is 0 Å². The van der Waals surface area contributed by atoms with E-state index in [1.807, 2.05) is 6.20 Å². The van der Waals surface area contributed by atoms with Crippen LogP contribution in [0.25, 0.3) is 21.7 Å². The smallest absolute Gasteiger partial charge is 0.0460 e. The predicted molar refractivity (Wildman–Crippen MR) is 66.6 cm³/mol. The summed E-state index contributed by atoms with van der Waals surface area (Å²) in [5, 5.41) is 3.92. The van der Waals surface area contributed by atoms with Crippen LogP contribution in [0.4, 0.5) is 0 Å². The molecule has 3 N–H and O–H groups in total. The van der Waals surface area contributed by atoms with Gasteiger partial charge in [0.15, 0.2) is 0 Å². The molecule has 3 aromatic rings. The predicted octanol–water partition coefficient (Wildman–Crippen LogP) is 1.85. The number of rotatable bonds is 0. The Labute approximate surface area is 110 Å². The molecule has 15 heavy (non-hydrogen) atoms. The zero-order valence-electron chi connectivity index (χ0n) is 7.62. The molecular formula is C12H12NNaO. The van der Waals surface area contributed by atoms with E-state index >= 15 is 0 Å². The second-order valence-electron chi connectivity index (χ2n) is 3.23. The molecule has 72 valence electrons. The van der Waals surface area contributed by atoms with Crippen molar-refractivity contribution in [2.24, 2.45) is 0 Å². The summed E-state index contributed by atoms with van der Waals surface area (Å²) in [5.41, 5.74) is 1.21. The minimum absolute atomic E-state index is 0. The summed E-state index contributed by atoms with van der Waals surface area (Å²) >= 11 is 0. The molecule has 0 atom stereocenters. The van der Waals surface area contributed by atoms with Crippen LogP contribution in [0.5, 0.6) is 0 Å². The Morgan fingerprint density at radius 2 is 1.60 bits per heavy atom. The number of aromatic nitrogens is 1. The quantitative estimate of drug-likeness (QED) is 0.549. The molecule has 3 rings (SSSR count). The first-order valence-corrected chi connectivity index (χ1v) is 4.40. The standard InChI is InChI=1S/C12H9N.Na.H2O.H/c1-2-4-10-9(3-1)5-6-12-11(10)7-8-13-12;;;/h1-8,13H;;1H2;. The van der Waals surface area contributed by atoms with Crippen molar-refractivity contribution in [1.82, 2.24) is 4.98 Å². The van der Waals surface area contributed by atoms with Crippen molar-refractivity contribution < 1.29 is 5.48 Å². The molecule has 2 aromatic carbocycles. The SMILES string of the molecule is O.[NaH].c1ccc2c(c1)ccc1[nH]ccc12. The van der Waals surface area contributed by atoms with Crippen LogP contribution in [0.1, 0.15) is 0 Å². The van der Waals surface area contributed by atoms with Crippen LogP contribution in [0.3, 0.4) is 0 Å². The molecule has 0 unspecified atom stereocenters. The molecule has 1 heterocycles. The Morgan fingerprint density at radius 1 is 0.800 bits per heavy atom. The fourth-order valence-corrected chi connectivity index (χ4v) is 1.82. The van der Waals surface area contributed by atoms with Gasteiger partial charge in [-0.3, -0.25) is 0 Å². The van der Waals surface area contributed by atoms with Gasteiger partial charge in [0.2, 0.25) is 0 Å². The molecule has 1 aromatic heterocycles. The van der Waals surface area contributed by atoms with Crippen molar-refractivity contribution in [1.29, 1.82) is 0 Å². The Balaban J connectivity index is 0.000000562. The number of hydrogen-bond acceptors (Lipinski definition) is 0. The maximum absolute atomic E-state index is 3.21. The van der Waals surface area contributed by atoms with Crippen LogP contribution in [0.15, 0.2) is 48.7 Å². The van der Waals surface area contributed by atoms with E-state index in [1.165, 1.54) is 21.7 Å². The van der Waals surface area contributed by atoms with E-state index in [4.69, 9.17) is 0 Å². The number of fused-ring (bicyclic) bond motifs is 3. The summed E-state index contributed by atoms with van der Waals surface area (Å²) in [6.45, 7) is 0. The molecule has 0 radical (unpaired) electrons. The van der Waals surface area contributed by atoms with Crippen LogP contribution in [-0.4, -0.2) is 40.0 Å². The number of benzene rings is 2. The molecule has 3 heteroatoms. The molecule has 0 saturated carbocycles. The molecule has 0 bridgehead atoms. The molecule has 0 aliphatic heterocycles. The third kappa shape index (κ3) is 1.94. The Bertz CT molecular complexity index is 574. The van der Waals surface area contributed by atoms with Gasteiger partial charge in [-0.2, -0.15) is 0 Å². The van der Waals surface area contributed by atoms with Crippen LogP contribution < -0.4 is 0 Å². The number of aromatic amines is 1. The normalized spacial score (nSPS) is 9.60. The molecule has 0 spiro atoms. The van der Waals surface area contributed by atoms with Crippen molar-refractivity contribution in [3.63, 3.8) is 0 Å². The fourth-order valence-electron chi connectivity index (χ4n) is 1.82. The Morgan fingerprint density at radius 3 is 2.47 bits per heavy atom. The second kappa shape index (κ2) is 4.81. The van der Waals surface area contributed by atoms with Gasteiger partial charge in [-0.1, -0.05) is 30.3 Å². The summed E-state index contributed by atoms with van der Waals surface area (Å²) in [4.78, 5) is 3.21. The van der Waals surface area contributed by atoms with Crippen molar-refractivity contribution in [2.75, 3.05) is 0 Å². The van der Waals surface area contributed by atoms with Crippen LogP contribution in [0.2, 0.25) is 0 Å². The van der Waals surface area contributed by atoms with E-state index in [0.29, 0.717) is 0 Å². The monoisotopic (exact) mass is 209 g/mol. The van der Waals surface area contributed by atoms with Gasteiger partial charge in [-0.05, 0) is 22.9 Å². The van der Waals surface area contributed by atoms with Gasteiger partial charge < -0.3 is 10.5 Å². The van der Waals surface area contributed by atoms with E-state index in [2.05, 4.69) is 47.4 Å². The van der Waals surface area contributed by atoms with E-state index in [9.17, 15) is 0 Å². The van der Waals surface area contributed by atoms with Crippen molar-refractivity contribution in [3.05, 3.63) is 48.7 Å². The first-order chi connectivity index (χ1) is 6.45. The summed E-state index contributed by atoms with van der Waals surface area (Å²) < 4.78 is 0. The van der Waals surface area contributed by atoms with Crippen LogP contribution in [0, 0.1) is 0 Å². The molecule has 0 aliphatic rings. The third-order valence-electron chi connectivity index (χ3n) is 2.46. The summed E-state index contributed by atoms with van der Waals surface area (Å²) in [7, 11) is 0. The minimum Gasteiger partial charge on any atom is -0.361 e. The van der Waals surface area contributed by atoms with Gasteiger partial charge in [0.05, 0.1) is 0 Å². The molecule has 0 fully saturated rings. The van der Waals surface area contributed by atoms with Crippen LogP contribution >= 0.6 is 0 Å². The summed E-state index contributed by atoms with van der Waals surface area (Å²) in [6, 6.07) is 14.8. The molecule has 0 saturated heterocycles. The number of hydrogen-bond donors (Lipinski definition) is 1. The van der Waals surface area contributed by atoms with Crippen molar-refractivity contribution in [3.8, 4) is 0 Å². The van der Waals surface area contributed by atoms with Gasteiger partial charge in [0.25, 0.3) is 0 Å². The summed E-state index contributed by atoms with van der Waals surface area (Å²) in [6.07, 6.45) is 1.98. The van der Waals surface area contributed by atoms with E-state index < -0.39 is 0 Å². The average Bonchev–Trinajstić information content (AvgIpc) is 2.65. The Kier molecular flexibility index (Phi) is 3.94. The molecule has 0 amide bonds. The van der Waals surface area contributed by atoms with Crippen LogP contribution in [-0.2, 0) is 0 Å². The van der Waals surface area contributed by atoms with Gasteiger partial charge in [0.1, 0.15) is 0 Å². The average molecular weight is 209 g/mol. The molecule has 2 nitrogen and oxygen atoms in total. The second-order valence-corrected chi connectivity index (χ2v) is 3.23. The van der Waals surface area contributed by atoms with E-state index in [0.717, 1.165) is 0 Å². The van der Waals surface area contributed by atoms with Gasteiger partial charge in [0, 0.05) is 17.1 Å². The maximum Gasteiger partial charge on any atom is 0.0460 e. The number of H-pyrrole nitrogens is 1. The minimum atomic E-state index is 0. The topological polar surface area (TPSA) is 47.3 Å². The van der Waals surface area contributed by atoms with E-state index in [-0.39, 0.29) is 35.0 Å². The first-order valence-electron chi connectivity index (χ1n) is 4.40. The van der Waals surface area contributed by atoms with Crippen molar-refractivity contribution >= 4 is 51.2 Å². The summed E-state index contributed by atoms with van der Waals surface area (Å²) in [5.74, 6) is 0. The zero-order chi connectivity index (χ0) is 8.67. The largest absolute Gasteiger partial charge is 0.361 e. The van der Waals surface area contributed by atoms with Gasteiger partial charge in [-0.25, -0.2) is 0 Å². The first kappa shape index (κ1) is 12.3. The maximum atomic E-state index is 3.21. The molecule has 0 aliphatic carbocycles. The fraction of sp³-hybridized carbons (Fsp3) is 0. The zero-order valence-corrected chi connectivity index (χ0v) is 7.62. The molecular weight excluding hydrogens is 197 g/mol.